The molecule has 0 amide bonds. The highest BCUT2D eigenvalue weighted by atomic mass is 35.5. The molecular formula is C7H15ClN2O. The van der Waals surface area contributed by atoms with Gasteiger partial charge in [0.2, 0.25) is 0 Å². The Morgan fingerprint density at radius 3 is 2.27 bits per heavy atom. The lowest BCUT2D eigenvalue weighted by Crippen LogP contribution is -2.54. The van der Waals surface area contributed by atoms with Crippen LogP contribution in [0, 0.1) is 0 Å². The zero-order chi connectivity index (χ0) is 8.69. The minimum absolute atomic E-state index is 0.111. The summed E-state index contributed by atoms with van der Waals surface area (Å²) in [6, 6.07) is 0.769. The van der Waals surface area contributed by atoms with Gasteiger partial charge in [0.15, 0.2) is 0 Å². The molecule has 0 aromatic rings. The van der Waals surface area contributed by atoms with Gasteiger partial charge < -0.3 is 15.0 Å². The van der Waals surface area contributed by atoms with Crippen LogP contribution in [0.3, 0.4) is 0 Å². The van der Waals surface area contributed by atoms with E-state index in [0.29, 0.717) is 6.29 Å². The quantitative estimate of drug-likeness (QED) is 0.475. The monoisotopic (exact) mass is 178 g/mol. The molecule has 0 bridgehead atoms. The molecule has 0 unspecified atom stereocenters. The van der Waals surface area contributed by atoms with E-state index in [2.05, 4.69) is 17.3 Å². The summed E-state index contributed by atoms with van der Waals surface area (Å²) in [5.41, 5.74) is 0. The number of likely N-dealkylation sites (tertiary alicyclic amines) is 1. The van der Waals surface area contributed by atoms with Gasteiger partial charge in [0, 0.05) is 19.1 Å². The second-order valence-corrected chi connectivity index (χ2v) is 2.84. The number of nitrogens with zero attached hydrogens (tertiary/aromatic N) is 1. The van der Waals surface area contributed by atoms with Gasteiger partial charge >= 0.3 is 0 Å². The van der Waals surface area contributed by atoms with E-state index in [9.17, 15) is 0 Å². The minimum atomic E-state index is 0.111. The van der Waals surface area contributed by atoms with E-state index in [1.807, 2.05) is 7.05 Å². The lowest BCUT2D eigenvalue weighted by Gasteiger charge is -2.35. The molecule has 1 fully saturated rings. The van der Waals surface area contributed by atoms with Crippen molar-refractivity contribution in [2.24, 2.45) is 0 Å². The molecule has 1 saturated heterocycles. The van der Waals surface area contributed by atoms with Gasteiger partial charge in [-0.25, -0.2) is 0 Å². The Balaban J connectivity index is 0.000000218. The molecule has 0 spiro atoms. The standard InChI is InChI=1S/C5H12N2.C2H3ClO/c1-6-5-3-7(2)4-5;3-1-2-4/h5-6H,3-4H2,1-2H3;2H,1H2. The fourth-order valence-electron chi connectivity index (χ4n) is 0.882. The number of carbonyl (C=O) groups excluding carboxylic acids is 1. The van der Waals surface area contributed by atoms with E-state index >= 15 is 0 Å². The first-order chi connectivity index (χ1) is 5.24. The van der Waals surface area contributed by atoms with Crippen molar-refractivity contribution in [3.05, 3.63) is 0 Å². The number of rotatable bonds is 2. The number of halogens is 1. The molecule has 1 heterocycles. The Hall–Kier alpha value is -0.120. The minimum Gasteiger partial charge on any atom is -0.315 e. The Kier molecular flexibility index (Phi) is 6.51. The van der Waals surface area contributed by atoms with Crippen molar-refractivity contribution in [1.29, 1.82) is 0 Å². The first-order valence-electron chi connectivity index (χ1n) is 3.60. The van der Waals surface area contributed by atoms with Crippen molar-refractivity contribution in [3.8, 4) is 0 Å². The molecule has 0 radical (unpaired) electrons. The van der Waals surface area contributed by atoms with Crippen molar-refractivity contribution in [2.75, 3.05) is 33.1 Å². The van der Waals surface area contributed by atoms with Crippen LogP contribution in [0.4, 0.5) is 0 Å². The first-order valence-corrected chi connectivity index (χ1v) is 4.13. The average Bonchev–Trinajstić information content (AvgIpc) is 1.99. The third kappa shape index (κ3) is 5.18. The second-order valence-electron chi connectivity index (χ2n) is 2.53. The first kappa shape index (κ1) is 10.9. The number of likely N-dealkylation sites (N-methyl/N-ethyl adjacent to an activating group) is 2. The summed E-state index contributed by atoms with van der Waals surface area (Å²) in [6.07, 6.45) is 0.640. The van der Waals surface area contributed by atoms with E-state index < -0.39 is 0 Å². The summed E-state index contributed by atoms with van der Waals surface area (Å²) in [5, 5.41) is 3.19. The van der Waals surface area contributed by atoms with E-state index in [0.717, 1.165) is 6.04 Å². The molecule has 66 valence electrons. The predicted molar refractivity (Wildman–Crippen MR) is 47.1 cm³/mol. The van der Waals surface area contributed by atoms with Crippen LogP contribution in [-0.2, 0) is 4.79 Å². The highest BCUT2D eigenvalue weighted by Crippen LogP contribution is 2.00. The smallest absolute Gasteiger partial charge is 0.134 e. The molecule has 3 nitrogen and oxygen atoms in total. The summed E-state index contributed by atoms with van der Waals surface area (Å²) in [5.74, 6) is 0.111. The van der Waals surface area contributed by atoms with Crippen LogP contribution < -0.4 is 5.32 Å². The van der Waals surface area contributed by atoms with Crippen LogP contribution in [0.2, 0.25) is 0 Å². The van der Waals surface area contributed by atoms with E-state index in [-0.39, 0.29) is 5.88 Å². The van der Waals surface area contributed by atoms with Gasteiger partial charge in [-0.2, -0.15) is 0 Å². The van der Waals surface area contributed by atoms with Crippen molar-refractivity contribution < 1.29 is 4.79 Å². The van der Waals surface area contributed by atoms with Crippen molar-refractivity contribution in [1.82, 2.24) is 10.2 Å². The maximum Gasteiger partial charge on any atom is 0.134 e. The number of nitrogens with one attached hydrogen (secondary N) is 1. The largest absolute Gasteiger partial charge is 0.315 e. The fourth-order valence-corrected chi connectivity index (χ4v) is 0.882. The van der Waals surface area contributed by atoms with Gasteiger partial charge in [0.05, 0.1) is 5.88 Å². The molecule has 0 aliphatic carbocycles. The molecule has 1 aliphatic heterocycles. The van der Waals surface area contributed by atoms with Crippen molar-refractivity contribution in [2.45, 2.75) is 6.04 Å². The number of carbonyl (C=O) groups is 1. The van der Waals surface area contributed by atoms with Crippen LogP contribution in [0.25, 0.3) is 0 Å². The zero-order valence-corrected chi connectivity index (χ0v) is 7.77. The number of alkyl halides is 1. The Morgan fingerprint density at radius 2 is 2.18 bits per heavy atom. The lowest BCUT2D eigenvalue weighted by atomic mass is 10.1. The highest BCUT2D eigenvalue weighted by Gasteiger charge is 2.19. The highest BCUT2D eigenvalue weighted by molar-refractivity contribution is 6.24. The van der Waals surface area contributed by atoms with Gasteiger partial charge in [-0.3, -0.25) is 0 Å². The van der Waals surface area contributed by atoms with Crippen LogP contribution in [0.15, 0.2) is 0 Å². The second kappa shape index (κ2) is 6.58. The molecule has 11 heavy (non-hydrogen) atoms. The number of hydrogen-bond donors (Lipinski definition) is 1. The molecule has 0 saturated carbocycles. The summed E-state index contributed by atoms with van der Waals surface area (Å²) < 4.78 is 0. The van der Waals surface area contributed by atoms with Gasteiger partial charge in [-0.1, -0.05) is 0 Å². The van der Waals surface area contributed by atoms with Crippen molar-refractivity contribution >= 4 is 17.9 Å². The summed E-state index contributed by atoms with van der Waals surface area (Å²) in [6.45, 7) is 2.44. The predicted octanol–water partition coefficient (Wildman–Crippen LogP) is -0.0561. The average molecular weight is 179 g/mol. The van der Waals surface area contributed by atoms with E-state index in [1.165, 1.54) is 13.1 Å². The summed E-state index contributed by atoms with van der Waals surface area (Å²) in [4.78, 5) is 11.3. The topological polar surface area (TPSA) is 32.3 Å². The van der Waals surface area contributed by atoms with Gasteiger partial charge in [-0.15, -0.1) is 11.6 Å². The molecule has 1 N–H and O–H groups in total. The van der Waals surface area contributed by atoms with Gasteiger partial charge in [0.25, 0.3) is 0 Å². The summed E-state index contributed by atoms with van der Waals surface area (Å²) >= 11 is 4.82. The number of aldehydes is 1. The Bertz CT molecular complexity index is 105. The van der Waals surface area contributed by atoms with E-state index in [4.69, 9.17) is 16.4 Å². The summed E-state index contributed by atoms with van der Waals surface area (Å²) in [7, 11) is 4.14. The van der Waals surface area contributed by atoms with Gasteiger partial charge in [-0.05, 0) is 14.1 Å². The molecule has 1 rings (SSSR count). The maximum absolute atomic E-state index is 9.04. The third-order valence-electron chi connectivity index (χ3n) is 1.54. The third-order valence-corrected chi connectivity index (χ3v) is 1.66. The lowest BCUT2D eigenvalue weighted by molar-refractivity contribution is -0.105. The fraction of sp³-hybridized carbons (Fsp3) is 0.857. The molecule has 4 heteroatoms. The van der Waals surface area contributed by atoms with E-state index in [1.54, 1.807) is 0 Å². The van der Waals surface area contributed by atoms with Crippen molar-refractivity contribution in [3.63, 3.8) is 0 Å². The van der Waals surface area contributed by atoms with Crippen LogP contribution >= 0.6 is 11.6 Å². The van der Waals surface area contributed by atoms with Gasteiger partial charge in [0.1, 0.15) is 6.29 Å². The van der Waals surface area contributed by atoms with Crippen LogP contribution in [0.1, 0.15) is 0 Å². The number of hydrogen-bond acceptors (Lipinski definition) is 3. The molecule has 0 atom stereocenters. The molecule has 0 aromatic carbocycles. The normalized spacial score (nSPS) is 18.1. The Morgan fingerprint density at radius 1 is 1.73 bits per heavy atom. The Labute approximate surface area is 72.7 Å². The molecule has 1 aliphatic rings. The SMILES string of the molecule is CNC1CN(C)C1.O=CCCl. The molecule has 0 aromatic heterocycles. The van der Waals surface area contributed by atoms with Crippen LogP contribution in [0.5, 0.6) is 0 Å². The zero-order valence-electron chi connectivity index (χ0n) is 7.01. The molecular weight excluding hydrogens is 164 g/mol. The van der Waals surface area contributed by atoms with Crippen LogP contribution in [-0.4, -0.2) is 50.3 Å². The maximum atomic E-state index is 9.04.